The van der Waals surface area contributed by atoms with E-state index in [0.29, 0.717) is 16.8 Å². The van der Waals surface area contributed by atoms with Crippen molar-refractivity contribution in [3.05, 3.63) is 82.6 Å². The van der Waals surface area contributed by atoms with Crippen molar-refractivity contribution in [2.24, 2.45) is 0 Å². The van der Waals surface area contributed by atoms with E-state index in [0.717, 1.165) is 10.2 Å². The summed E-state index contributed by atoms with van der Waals surface area (Å²) in [6.07, 6.45) is 3.51. The van der Waals surface area contributed by atoms with Gasteiger partial charge in [0, 0.05) is 39.4 Å². The Labute approximate surface area is 158 Å². The zero-order valence-corrected chi connectivity index (χ0v) is 15.2. The Morgan fingerprint density at radius 2 is 1.81 bits per heavy atom. The van der Waals surface area contributed by atoms with Crippen molar-refractivity contribution >= 4 is 33.3 Å². The lowest BCUT2D eigenvalue weighted by molar-refractivity contribution is -0.133. The van der Waals surface area contributed by atoms with E-state index in [2.05, 4.69) is 21.2 Å². The highest BCUT2D eigenvalue weighted by atomic mass is 79.9. The van der Waals surface area contributed by atoms with Gasteiger partial charge in [-0.3, -0.25) is 9.59 Å². The number of halogens is 1. The molecule has 1 amide bonds. The van der Waals surface area contributed by atoms with Gasteiger partial charge in [-0.05, 0) is 54.6 Å². The van der Waals surface area contributed by atoms with E-state index in [-0.39, 0.29) is 12.2 Å². The fourth-order valence-electron chi connectivity index (χ4n) is 3.15. The number of hydrogen-bond donors (Lipinski definition) is 2. The molecule has 0 bridgehead atoms. The average Bonchev–Trinajstić information content (AvgIpc) is 3.24. The van der Waals surface area contributed by atoms with Gasteiger partial charge in [-0.2, -0.15) is 0 Å². The standard InChI is InChI=1S/C20H15BrN2O3/c21-14-5-8-17-16(11-14)20(26,19(25)22-17)12-18(24)13-3-6-15(7-4-13)23-9-1-2-10-23/h1-11,26H,12H2,(H,22,25). The first-order valence-corrected chi connectivity index (χ1v) is 8.87. The molecule has 2 N–H and O–H groups in total. The molecule has 2 aromatic carbocycles. The molecule has 0 fully saturated rings. The minimum atomic E-state index is -1.87. The summed E-state index contributed by atoms with van der Waals surface area (Å²) in [5.41, 5.74) is 0.448. The SMILES string of the molecule is O=C(CC1(O)C(=O)Nc2ccc(Br)cc21)c1ccc(-n2cccc2)cc1. The number of aliphatic hydroxyl groups is 1. The number of ketones is 1. The number of rotatable bonds is 4. The molecule has 0 spiro atoms. The predicted octanol–water partition coefficient (Wildman–Crippen LogP) is 3.65. The van der Waals surface area contributed by atoms with Crippen LogP contribution < -0.4 is 5.32 Å². The van der Waals surface area contributed by atoms with Gasteiger partial charge in [0.15, 0.2) is 11.4 Å². The lowest BCUT2D eigenvalue weighted by Gasteiger charge is -2.20. The molecule has 5 nitrogen and oxygen atoms in total. The molecule has 2 heterocycles. The zero-order chi connectivity index (χ0) is 18.3. The number of amides is 1. The van der Waals surface area contributed by atoms with Gasteiger partial charge in [-0.15, -0.1) is 0 Å². The van der Waals surface area contributed by atoms with Crippen molar-refractivity contribution in [2.45, 2.75) is 12.0 Å². The van der Waals surface area contributed by atoms with Crippen LogP contribution in [-0.2, 0) is 10.4 Å². The second kappa shape index (κ2) is 6.23. The first-order valence-electron chi connectivity index (χ1n) is 8.08. The lowest BCUT2D eigenvalue weighted by atomic mass is 9.88. The van der Waals surface area contributed by atoms with Gasteiger partial charge in [0.05, 0.1) is 6.42 Å². The summed E-state index contributed by atoms with van der Waals surface area (Å²) in [7, 11) is 0. The van der Waals surface area contributed by atoms with Crippen LogP contribution in [0, 0.1) is 0 Å². The molecule has 4 rings (SSSR count). The number of aromatic nitrogens is 1. The number of carbonyl (C=O) groups excluding carboxylic acids is 2. The monoisotopic (exact) mass is 410 g/mol. The molecule has 0 saturated carbocycles. The first-order chi connectivity index (χ1) is 12.5. The van der Waals surface area contributed by atoms with Gasteiger partial charge in [0.25, 0.3) is 5.91 Å². The molecular formula is C20H15BrN2O3. The van der Waals surface area contributed by atoms with Crippen LogP contribution in [0.2, 0.25) is 0 Å². The molecule has 130 valence electrons. The molecule has 0 saturated heterocycles. The number of benzene rings is 2. The molecule has 1 atom stereocenters. The molecule has 1 aliphatic heterocycles. The third-order valence-corrected chi connectivity index (χ3v) is 5.05. The van der Waals surface area contributed by atoms with Crippen molar-refractivity contribution in [1.82, 2.24) is 4.57 Å². The summed E-state index contributed by atoms with van der Waals surface area (Å²) < 4.78 is 2.66. The highest BCUT2D eigenvalue weighted by molar-refractivity contribution is 9.10. The summed E-state index contributed by atoms with van der Waals surface area (Å²) in [5.74, 6) is -0.877. The van der Waals surface area contributed by atoms with Crippen LogP contribution in [0.5, 0.6) is 0 Å². The topological polar surface area (TPSA) is 71.3 Å². The molecule has 3 aromatic rings. The number of hydrogen-bond acceptors (Lipinski definition) is 3. The number of nitrogens with zero attached hydrogens (tertiary/aromatic N) is 1. The van der Waals surface area contributed by atoms with E-state index in [9.17, 15) is 14.7 Å². The van der Waals surface area contributed by atoms with Crippen LogP contribution in [0.25, 0.3) is 5.69 Å². The lowest BCUT2D eigenvalue weighted by Crippen LogP contribution is -2.36. The van der Waals surface area contributed by atoms with E-state index in [4.69, 9.17) is 0 Å². The van der Waals surface area contributed by atoms with Gasteiger partial charge >= 0.3 is 0 Å². The van der Waals surface area contributed by atoms with Crippen LogP contribution in [-0.4, -0.2) is 21.4 Å². The van der Waals surface area contributed by atoms with Gasteiger partial charge in [-0.25, -0.2) is 0 Å². The molecule has 6 heteroatoms. The maximum atomic E-state index is 12.7. The smallest absolute Gasteiger partial charge is 0.261 e. The van der Waals surface area contributed by atoms with E-state index in [1.165, 1.54) is 0 Å². The normalized spacial score (nSPS) is 18.5. The Balaban J connectivity index is 1.60. The van der Waals surface area contributed by atoms with E-state index >= 15 is 0 Å². The number of nitrogens with one attached hydrogen (secondary N) is 1. The Bertz CT molecular complexity index is 996. The summed E-state index contributed by atoms with van der Waals surface area (Å²) in [4.78, 5) is 25.0. The molecule has 0 radical (unpaired) electrons. The fraction of sp³-hybridized carbons (Fsp3) is 0.100. The fourth-order valence-corrected chi connectivity index (χ4v) is 3.51. The maximum absolute atomic E-state index is 12.7. The van der Waals surface area contributed by atoms with Gasteiger partial charge in [-0.1, -0.05) is 15.9 Å². The molecule has 1 aromatic heterocycles. The highest BCUT2D eigenvalue weighted by Gasteiger charge is 2.46. The third-order valence-electron chi connectivity index (χ3n) is 4.56. The van der Waals surface area contributed by atoms with Gasteiger partial charge in [0.2, 0.25) is 0 Å². The van der Waals surface area contributed by atoms with E-state index < -0.39 is 11.5 Å². The minimum Gasteiger partial charge on any atom is -0.375 e. The molecule has 0 aliphatic carbocycles. The number of anilines is 1. The summed E-state index contributed by atoms with van der Waals surface area (Å²) in [6, 6.07) is 16.0. The van der Waals surface area contributed by atoms with Gasteiger partial charge < -0.3 is 15.0 Å². The second-order valence-electron chi connectivity index (χ2n) is 6.24. The van der Waals surface area contributed by atoms with Crippen molar-refractivity contribution in [3.63, 3.8) is 0 Å². The largest absolute Gasteiger partial charge is 0.375 e. The van der Waals surface area contributed by atoms with Crippen molar-refractivity contribution in [2.75, 3.05) is 5.32 Å². The van der Waals surface area contributed by atoms with Crippen LogP contribution in [0.1, 0.15) is 22.3 Å². The predicted molar refractivity (Wildman–Crippen MR) is 101 cm³/mol. The zero-order valence-electron chi connectivity index (χ0n) is 13.6. The molecular weight excluding hydrogens is 396 g/mol. The van der Waals surface area contributed by atoms with Crippen LogP contribution >= 0.6 is 15.9 Å². The number of fused-ring (bicyclic) bond motifs is 1. The summed E-state index contributed by atoms with van der Waals surface area (Å²) in [6.45, 7) is 0. The highest BCUT2D eigenvalue weighted by Crippen LogP contribution is 2.40. The average molecular weight is 411 g/mol. The molecule has 26 heavy (non-hydrogen) atoms. The Kier molecular flexibility index (Phi) is 4.01. The quantitative estimate of drug-likeness (QED) is 0.644. The summed E-state index contributed by atoms with van der Waals surface area (Å²) in [5, 5.41) is 13.5. The second-order valence-corrected chi connectivity index (χ2v) is 7.16. The van der Waals surface area contributed by atoms with Crippen molar-refractivity contribution < 1.29 is 14.7 Å². The van der Waals surface area contributed by atoms with Crippen molar-refractivity contribution in [1.29, 1.82) is 0 Å². The van der Waals surface area contributed by atoms with Crippen molar-refractivity contribution in [3.8, 4) is 5.69 Å². The number of Topliss-reactive ketones (excluding diaryl/α,β-unsaturated/α-hetero) is 1. The van der Waals surface area contributed by atoms with E-state index in [1.54, 1.807) is 30.3 Å². The maximum Gasteiger partial charge on any atom is 0.261 e. The first kappa shape index (κ1) is 16.8. The third kappa shape index (κ3) is 2.77. The summed E-state index contributed by atoms with van der Waals surface area (Å²) >= 11 is 3.34. The Morgan fingerprint density at radius 1 is 1.12 bits per heavy atom. The van der Waals surface area contributed by atoms with Crippen LogP contribution in [0.3, 0.4) is 0 Å². The molecule has 1 unspecified atom stereocenters. The Hall–Kier alpha value is -2.70. The van der Waals surface area contributed by atoms with Gasteiger partial charge in [0.1, 0.15) is 0 Å². The molecule has 1 aliphatic rings. The Morgan fingerprint density at radius 3 is 2.50 bits per heavy atom. The minimum absolute atomic E-state index is 0.297. The number of carbonyl (C=O) groups is 2. The van der Waals surface area contributed by atoms with Crippen LogP contribution in [0.4, 0.5) is 5.69 Å². The van der Waals surface area contributed by atoms with Crippen LogP contribution in [0.15, 0.2) is 71.5 Å². The van der Waals surface area contributed by atoms with E-state index in [1.807, 2.05) is 41.2 Å².